The third kappa shape index (κ3) is 2.34. The maximum Gasteiger partial charge on any atom is 0.433 e. The largest absolute Gasteiger partial charge is 0.433 e. The maximum absolute atomic E-state index is 13.1. The van der Waals surface area contributed by atoms with Gasteiger partial charge in [0.15, 0.2) is 0 Å². The van der Waals surface area contributed by atoms with Gasteiger partial charge < -0.3 is 5.32 Å². The summed E-state index contributed by atoms with van der Waals surface area (Å²) >= 11 is 9.84. The van der Waals surface area contributed by atoms with Gasteiger partial charge in [0.1, 0.15) is 11.5 Å². The fourth-order valence-corrected chi connectivity index (χ4v) is 4.59. The van der Waals surface area contributed by atoms with Gasteiger partial charge in [-0.3, -0.25) is 4.68 Å². The molecule has 0 saturated heterocycles. The Morgan fingerprint density at radius 2 is 2.21 bits per heavy atom. The van der Waals surface area contributed by atoms with Crippen molar-refractivity contribution in [2.45, 2.75) is 36.9 Å². The molecule has 1 saturated carbocycles. The van der Waals surface area contributed by atoms with Gasteiger partial charge in [0.2, 0.25) is 0 Å². The zero-order valence-electron chi connectivity index (χ0n) is 12.4. The van der Waals surface area contributed by atoms with Crippen molar-refractivity contribution in [3.05, 3.63) is 39.2 Å². The minimum Gasteiger partial charge on any atom is -0.369 e. The minimum absolute atomic E-state index is 0.303. The van der Waals surface area contributed by atoms with Crippen molar-refractivity contribution in [2.24, 2.45) is 0 Å². The summed E-state index contributed by atoms with van der Waals surface area (Å²) in [4.78, 5) is 4.34. The van der Waals surface area contributed by atoms with Crippen molar-refractivity contribution in [2.75, 3.05) is 11.9 Å². The number of anilines is 1. The normalized spacial score (nSPS) is 26.0. The highest BCUT2D eigenvalue weighted by Gasteiger charge is 2.49. The van der Waals surface area contributed by atoms with Crippen molar-refractivity contribution in [3.8, 4) is 0 Å². The first kappa shape index (κ1) is 16.2. The molecule has 2 aromatic rings. The zero-order valence-corrected chi connectivity index (χ0v) is 14.7. The first-order chi connectivity index (χ1) is 11.3. The van der Waals surface area contributed by atoms with Crippen LogP contribution in [0.3, 0.4) is 0 Å². The molecule has 4 rings (SSSR count). The molecule has 3 heterocycles. The quantitative estimate of drug-likeness (QED) is 0.719. The molecule has 1 fully saturated rings. The average Bonchev–Trinajstić information content (AvgIpc) is 3.21. The average molecular weight is 422 g/mol. The molecule has 9 heteroatoms. The van der Waals surface area contributed by atoms with Gasteiger partial charge in [0.05, 0.1) is 15.5 Å². The fourth-order valence-electron chi connectivity index (χ4n) is 3.95. The van der Waals surface area contributed by atoms with Crippen molar-refractivity contribution in [1.29, 1.82) is 0 Å². The van der Waals surface area contributed by atoms with Crippen LogP contribution in [-0.2, 0) is 11.6 Å². The summed E-state index contributed by atoms with van der Waals surface area (Å²) in [6.45, 7) is 0.630. The van der Waals surface area contributed by atoms with Gasteiger partial charge >= 0.3 is 6.18 Å². The molecule has 0 aromatic carbocycles. The van der Waals surface area contributed by atoms with E-state index in [4.69, 9.17) is 11.6 Å². The number of rotatable bonds is 1. The highest BCUT2D eigenvalue weighted by atomic mass is 79.9. The molecule has 1 N–H and O–H groups in total. The standard InChI is InChI=1S/C15H13BrClF3N4/c16-9-6-21-13-11(12(9)17)14(7-22-13)3-1-8(5-14)24-10(2-4-23-24)15(18,19)20/h2,4,6,8H,1,3,5,7H2,(H,21,22). The number of nitrogens with zero attached hydrogens (tertiary/aromatic N) is 3. The summed E-state index contributed by atoms with van der Waals surface area (Å²) in [5.41, 5.74) is -0.0983. The highest BCUT2D eigenvalue weighted by molar-refractivity contribution is 9.10. The fraction of sp³-hybridized carbons (Fsp3) is 0.467. The maximum atomic E-state index is 13.1. The molecule has 1 aliphatic carbocycles. The van der Waals surface area contributed by atoms with Gasteiger partial charge in [-0.1, -0.05) is 11.6 Å². The van der Waals surface area contributed by atoms with E-state index in [1.54, 1.807) is 6.20 Å². The van der Waals surface area contributed by atoms with Crippen molar-refractivity contribution >= 4 is 33.3 Å². The number of aromatic nitrogens is 3. The molecule has 24 heavy (non-hydrogen) atoms. The van der Waals surface area contributed by atoms with Crippen LogP contribution in [0.1, 0.15) is 36.6 Å². The van der Waals surface area contributed by atoms with Gasteiger partial charge in [0, 0.05) is 29.9 Å². The summed E-state index contributed by atoms with van der Waals surface area (Å²) in [5, 5.41) is 7.76. The predicted molar refractivity (Wildman–Crippen MR) is 87.2 cm³/mol. The lowest BCUT2D eigenvalue weighted by atomic mass is 9.81. The van der Waals surface area contributed by atoms with Crippen LogP contribution in [-0.4, -0.2) is 21.3 Å². The lowest BCUT2D eigenvalue weighted by Gasteiger charge is -2.25. The number of hydrogen-bond acceptors (Lipinski definition) is 3. The number of fused-ring (bicyclic) bond motifs is 2. The Morgan fingerprint density at radius 1 is 1.42 bits per heavy atom. The van der Waals surface area contributed by atoms with Crippen LogP contribution in [0.4, 0.5) is 19.0 Å². The van der Waals surface area contributed by atoms with Gasteiger partial charge in [-0.2, -0.15) is 18.3 Å². The number of pyridine rings is 1. The number of nitrogens with one attached hydrogen (secondary N) is 1. The number of halogens is 5. The molecule has 2 atom stereocenters. The summed E-state index contributed by atoms with van der Waals surface area (Å²) in [6, 6.07) is 0.719. The van der Waals surface area contributed by atoms with Crippen LogP contribution in [0.15, 0.2) is 22.9 Å². The number of hydrogen-bond donors (Lipinski definition) is 1. The Morgan fingerprint density at radius 3 is 2.96 bits per heavy atom. The number of alkyl halides is 3. The van der Waals surface area contributed by atoms with E-state index in [1.165, 1.54) is 6.20 Å². The van der Waals surface area contributed by atoms with Gasteiger partial charge in [-0.25, -0.2) is 4.98 Å². The summed E-state index contributed by atoms with van der Waals surface area (Å²) in [6.07, 6.45) is 0.353. The second-order valence-electron chi connectivity index (χ2n) is 6.33. The van der Waals surface area contributed by atoms with E-state index in [-0.39, 0.29) is 11.5 Å². The molecule has 2 unspecified atom stereocenters. The lowest BCUT2D eigenvalue weighted by molar-refractivity contribution is -0.145. The molecule has 4 nitrogen and oxygen atoms in total. The zero-order chi connectivity index (χ0) is 17.1. The van der Waals surface area contributed by atoms with Gasteiger partial charge in [-0.05, 0) is 41.3 Å². The topological polar surface area (TPSA) is 42.7 Å². The molecule has 1 spiro atoms. The van der Waals surface area contributed by atoms with E-state index >= 15 is 0 Å². The first-order valence-electron chi connectivity index (χ1n) is 7.51. The van der Waals surface area contributed by atoms with Gasteiger partial charge in [-0.15, -0.1) is 0 Å². The second kappa shape index (κ2) is 5.36. The van der Waals surface area contributed by atoms with Crippen LogP contribution in [0.5, 0.6) is 0 Å². The SMILES string of the molecule is FC(F)(F)c1ccnn1C1CCC2(CNc3ncc(Br)c(Cl)c32)C1. The van der Waals surface area contributed by atoms with Crippen molar-refractivity contribution in [3.63, 3.8) is 0 Å². The molecule has 2 aliphatic rings. The van der Waals surface area contributed by atoms with E-state index in [2.05, 4.69) is 31.3 Å². The summed E-state index contributed by atoms with van der Waals surface area (Å²) < 4.78 is 41.3. The third-order valence-corrected chi connectivity index (χ3v) is 6.21. The molecular formula is C15H13BrClF3N4. The lowest BCUT2D eigenvalue weighted by Crippen LogP contribution is -2.26. The highest BCUT2D eigenvalue weighted by Crippen LogP contribution is 2.54. The summed E-state index contributed by atoms with van der Waals surface area (Å²) in [5.74, 6) is 0.723. The van der Waals surface area contributed by atoms with Gasteiger partial charge in [0.25, 0.3) is 0 Å². The van der Waals surface area contributed by atoms with Crippen LogP contribution < -0.4 is 5.32 Å². The minimum atomic E-state index is -4.40. The van der Waals surface area contributed by atoms with E-state index in [9.17, 15) is 13.2 Å². The van der Waals surface area contributed by atoms with Crippen LogP contribution in [0.2, 0.25) is 5.02 Å². The van der Waals surface area contributed by atoms with E-state index in [0.29, 0.717) is 28.9 Å². The molecule has 0 amide bonds. The Kier molecular flexibility index (Phi) is 3.62. The molecule has 0 radical (unpaired) electrons. The molecule has 128 valence electrons. The molecule has 1 aliphatic heterocycles. The third-order valence-electron chi connectivity index (χ3n) is 4.99. The van der Waals surface area contributed by atoms with E-state index < -0.39 is 11.9 Å². The first-order valence-corrected chi connectivity index (χ1v) is 8.68. The molecular weight excluding hydrogens is 409 g/mol. The van der Waals surface area contributed by atoms with Crippen molar-refractivity contribution in [1.82, 2.24) is 14.8 Å². The Hall–Kier alpha value is -1.28. The smallest absolute Gasteiger partial charge is 0.369 e. The summed E-state index contributed by atoms with van der Waals surface area (Å²) in [7, 11) is 0. The van der Waals surface area contributed by atoms with E-state index in [0.717, 1.165) is 28.6 Å². The predicted octanol–water partition coefficient (Wildman–Crippen LogP) is 4.80. The van der Waals surface area contributed by atoms with Crippen molar-refractivity contribution < 1.29 is 13.2 Å². The van der Waals surface area contributed by atoms with Crippen LogP contribution >= 0.6 is 27.5 Å². The Bertz CT molecular complexity index is 807. The van der Waals surface area contributed by atoms with Crippen LogP contribution in [0.25, 0.3) is 0 Å². The van der Waals surface area contributed by atoms with Crippen LogP contribution in [0, 0.1) is 0 Å². The molecule has 2 aromatic heterocycles. The Balaban J connectivity index is 1.71. The van der Waals surface area contributed by atoms with E-state index in [1.807, 2.05) is 0 Å². The second-order valence-corrected chi connectivity index (χ2v) is 7.57. The monoisotopic (exact) mass is 420 g/mol. The molecule has 0 bridgehead atoms. The Labute approximate surface area is 149 Å².